The summed E-state index contributed by atoms with van der Waals surface area (Å²) in [6, 6.07) is 0. The molecule has 0 spiro atoms. The predicted octanol–water partition coefficient (Wildman–Crippen LogP) is 4.35. The van der Waals surface area contributed by atoms with Gasteiger partial charge in [0.05, 0.1) is 0 Å². The van der Waals surface area contributed by atoms with E-state index in [1.54, 1.807) is 0 Å². The number of nitrogens with zero attached hydrogens (tertiary/aromatic N) is 1. The minimum absolute atomic E-state index is 0.665. The van der Waals surface area contributed by atoms with E-state index in [2.05, 4.69) is 44.2 Å². The SMILES string of the molecule is C=C/C=C\C=C(/CC)CC1CCN(C)CCC1=C. The van der Waals surface area contributed by atoms with Crippen molar-refractivity contribution in [1.82, 2.24) is 4.90 Å². The lowest BCUT2D eigenvalue weighted by atomic mass is 9.88. The molecule has 1 heteroatoms. The highest BCUT2D eigenvalue weighted by Crippen LogP contribution is 2.28. The summed E-state index contributed by atoms with van der Waals surface area (Å²) >= 11 is 0. The molecule has 1 nitrogen and oxygen atoms in total. The molecule has 0 amide bonds. The normalized spacial score (nSPS) is 23.3. The summed E-state index contributed by atoms with van der Waals surface area (Å²) < 4.78 is 0. The molecule has 1 aliphatic rings. The van der Waals surface area contributed by atoms with Crippen molar-refractivity contribution in [3.05, 3.63) is 48.6 Å². The highest BCUT2D eigenvalue weighted by atomic mass is 15.1. The van der Waals surface area contributed by atoms with Gasteiger partial charge in [0.1, 0.15) is 0 Å². The Morgan fingerprint density at radius 2 is 2.17 bits per heavy atom. The van der Waals surface area contributed by atoms with Gasteiger partial charge in [0.2, 0.25) is 0 Å². The van der Waals surface area contributed by atoms with E-state index in [4.69, 9.17) is 0 Å². The monoisotopic (exact) mass is 245 g/mol. The summed E-state index contributed by atoms with van der Waals surface area (Å²) in [6.45, 7) is 12.6. The lowest BCUT2D eigenvalue weighted by Gasteiger charge is -2.18. The van der Waals surface area contributed by atoms with Gasteiger partial charge in [0.15, 0.2) is 0 Å². The molecule has 0 saturated carbocycles. The molecule has 18 heavy (non-hydrogen) atoms. The zero-order chi connectivity index (χ0) is 13.4. The van der Waals surface area contributed by atoms with Gasteiger partial charge in [0.25, 0.3) is 0 Å². The predicted molar refractivity (Wildman–Crippen MR) is 81.7 cm³/mol. The Kier molecular flexibility index (Phi) is 6.74. The summed E-state index contributed by atoms with van der Waals surface area (Å²) in [5, 5.41) is 0. The second kappa shape index (κ2) is 8.10. The average molecular weight is 245 g/mol. The van der Waals surface area contributed by atoms with Crippen molar-refractivity contribution in [2.45, 2.75) is 32.6 Å². The van der Waals surface area contributed by atoms with Crippen LogP contribution in [0.2, 0.25) is 0 Å². The molecule has 0 aromatic heterocycles. The van der Waals surface area contributed by atoms with Gasteiger partial charge in [-0.25, -0.2) is 0 Å². The molecule has 0 aromatic rings. The first-order chi connectivity index (χ1) is 8.67. The standard InChI is InChI=1S/C17H27N/c1-5-7-8-9-16(6-2)14-17-11-13-18(4)12-10-15(17)3/h5,7-9,17H,1,3,6,10-14H2,2,4H3/b8-7-,16-9+. The van der Waals surface area contributed by atoms with Gasteiger partial charge in [0, 0.05) is 6.54 Å². The Morgan fingerprint density at radius 1 is 1.39 bits per heavy atom. The Bertz CT molecular complexity index is 336. The molecule has 0 radical (unpaired) electrons. The number of rotatable bonds is 5. The van der Waals surface area contributed by atoms with Crippen LogP contribution in [0.3, 0.4) is 0 Å². The van der Waals surface area contributed by atoms with E-state index in [0.29, 0.717) is 5.92 Å². The fourth-order valence-corrected chi connectivity index (χ4v) is 2.39. The van der Waals surface area contributed by atoms with E-state index in [-0.39, 0.29) is 0 Å². The van der Waals surface area contributed by atoms with Crippen molar-refractivity contribution in [1.29, 1.82) is 0 Å². The number of allylic oxidation sites excluding steroid dienone is 5. The number of likely N-dealkylation sites (tertiary alicyclic amines) is 1. The molecule has 1 aliphatic heterocycles. The smallest absolute Gasteiger partial charge is 0.00155 e. The molecule has 1 unspecified atom stereocenters. The summed E-state index contributed by atoms with van der Waals surface area (Å²) in [6.07, 6.45) is 12.8. The molecule has 1 fully saturated rings. The first-order valence-corrected chi connectivity index (χ1v) is 7.00. The summed E-state index contributed by atoms with van der Waals surface area (Å²) in [5.41, 5.74) is 2.95. The van der Waals surface area contributed by atoms with E-state index >= 15 is 0 Å². The Hall–Kier alpha value is -1.08. The van der Waals surface area contributed by atoms with Crippen LogP contribution in [0, 0.1) is 5.92 Å². The van der Waals surface area contributed by atoms with Crippen LogP contribution in [0.5, 0.6) is 0 Å². The highest BCUT2D eigenvalue weighted by Gasteiger charge is 2.18. The van der Waals surface area contributed by atoms with Crippen LogP contribution in [0.15, 0.2) is 48.6 Å². The van der Waals surface area contributed by atoms with Gasteiger partial charge < -0.3 is 4.90 Å². The third kappa shape index (κ3) is 5.05. The van der Waals surface area contributed by atoms with Crippen LogP contribution >= 0.6 is 0 Å². The number of hydrogen-bond acceptors (Lipinski definition) is 1. The zero-order valence-electron chi connectivity index (χ0n) is 12.0. The van der Waals surface area contributed by atoms with Gasteiger partial charge in [-0.3, -0.25) is 0 Å². The average Bonchev–Trinajstić information content (AvgIpc) is 2.52. The van der Waals surface area contributed by atoms with Gasteiger partial charge in [-0.1, -0.05) is 55.5 Å². The van der Waals surface area contributed by atoms with Crippen LogP contribution in [0.25, 0.3) is 0 Å². The second-order valence-corrected chi connectivity index (χ2v) is 5.20. The second-order valence-electron chi connectivity index (χ2n) is 5.20. The van der Waals surface area contributed by atoms with Crippen molar-refractivity contribution in [3.8, 4) is 0 Å². The van der Waals surface area contributed by atoms with Crippen LogP contribution in [0.4, 0.5) is 0 Å². The summed E-state index contributed by atoms with van der Waals surface area (Å²) in [5.74, 6) is 0.665. The third-order valence-corrected chi connectivity index (χ3v) is 3.79. The summed E-state index contributed by atoms with van der Waals surface area (Å²) in [7, 11) is 2.21. The molecule has 0 aliphatic carbocycles. The van der Waals surface area contributed by atoms with Gasteiger partial charge in [-0.05, 0) is 45.2 Å². The quantitative estimate of drug-likeness (QED) is 0.514. The summed E-state index contributed by atoms with van der Waals surface area (Å²) in [4.78, 5) is 2.41. The van der Waals surface area contributed by atoms with E-state index in [1.165, 1.54) is 30.5 Å². The highest BCUT2D eigenvalue weighted by molar-refractivity contribution is 5.18. The molecule has 1 atom stereocenters. The molecule has 0 bridgehead atoms. The van der Waals surface area contributed by atoms with E-state index in [1.807, 2.05) is 12.2 Å². The fraction of sp³-hybridized carbons (Fsp3) is 0.529. The van der Waals surface area contributed by atoms with Crippen molar-refractivity contribution in [2.75, 3.05) is 20.1 Å². The van der Waals surface area contributed by atoms with Crippen molar-refractivity contribution in [2.24, 2.45) is 5.92 Å². The van der Waals surface area contributed by atoms with Gasteiger partial charge in [-0.2, -0.15) is 0 Å². The minimum Gasteiger partial charge on any atom is -0.306 e. The lowest BCUT2D eigenvalue weighted by Crippen LogP contribution is -2.18. The first-order valence-electron chi connectivity index (χ1n) is 7.00. The lowest BCUT2D eigenvalue weighted by molar-refractivity contribution is 0.341. The maximum absolute atomic E-state index is 4.29. The Balaban J connectivity index is 2.62. The molecule has 1 heterocycles. The van der Waals surface area contributed by atoms with E-state index in [0.717, 1.165) is 19.4 Å². The Morgan fingerprint density at radius 3 is 2.83 bits per heavy atom. The van der Waals surface area contributed by atoms with E-state index in [9.17, 15) is 0 Å². The fourth-order valence-electron chi connectivity index (χ4n) is 2.39. The van der Waals surface area contributed by atoms with Crippen LogP contribution in [-0.4, -0.2) is 25.0 Å². The topological polar surface area (TPSA) is 3.24 Å². The number of hydrogen-bond donors (Lipinski definition) is 0. The third-order valence-electron chi connectivity index (χ3n) is 3.79. The Labute approximate surface area is 113 Å². The van der Waals surface area contributed by atoms with Crippen molar-refractivity contribution in [3.63, 3.8) is 0 Å². The maximum atomic E-state index is 4.29. The molecule has 1 saturated heterocycles. The molecule has 1 rings (SSSR count). The van der Waals surface area contributed by atoms with Gasteiger partial charge >= 0.3 is 0 Å². The van der Waals surface area contributed by atoms with Crippen LogP contribution in [-0.2, 0) is 0 Å². The largest absolute Gasteiger partial charge is 0.306 e. The van der Waals surface area contributed by atoms with Crippen LogP contribution in [0.1, 0.15) is 32.6 Å². The first kappa shape index (κ1) is 15.0. The van der Waals surface area contributed by atoms with Crippen molar-refractivity contribution < 1.29 is 0 Å². The van der Waals surface area contributed by atoms with Crippen LogP contribution < -0.4 is 0 Å². The molecule has 0 N–H and O–H groups in total. The molecule has 100 valence electrons. The maximum Gasteiger partial charge on any atom is 0.00155 e. The van der Waals surface area contributed by atoms with E-state index < -0.39 is 0 Å². The zero-order valence-corrected chi connectivity index (χ0v) is 12.0. The molecule has 0 aromatic carbocycles. The van der Waals surface area contributed by atoms with Gasteiger partial charge in [-0.15, -0.1) is 0 Å². The van der Waals surface area contributed by atoms with Crippen molar-refractivity contribution >= 4 is 0 Å². The minimum atomic E-state index is 0.665. The molecular formula is C17H27N. The molecular weight excluding hydrogens is 218 g/mol.